The molecule has 1 fully saturated rings. The van der Waals surface area contributed by atoms with Crippen LogP contribution in [0.25, 0.3) is 0 Å². The number of nitriles is 1. The predicted molar refractivity (Wildman–Crippen MR) is 51.0 cm³/mol. The summed E-state index contributed by atoms with van der Waals surface area (Å²) in [5.74, 6) is -0.486. The van der Waals surface area contributed by atoms with Gasteiger partial charge in [0, 0.05) is 13.2 Å². The third-order valence-electron chi connectivity index (χ3n) is 2.06. The Balaban J connectivity index is 2.29. The van der Waals surface area contributed by atoms with Crippen molar-refractivity contribution < 1.29 is 13.2 Å². The first-order valence-corrected chi connectivity index (χ1v) is 6.25. The Morgan fingerprint density at radius 2 is 2.29 bits per heavy atom. The summed E-state index contributed by atoms with van der Waals surface area (Å²) < 4.78 is 29.9. The molecule has 1 N–H and O–H groups in total. The van der Waals surface area contributed by atoms with E-state index in [4.69, 9.17) is 10.00 Å². The molecule has 0 saturated carbocycles. The Kier molecular flexibility index (Phi) is 4.32. The van der Waals surface area contributed by atoms with E-state index >= 15 is 0 Å². The van der Waals surface area contributed by atoms with E-state index in [1.54, 1.807) is 6.07 Å². The fourth-order valence-corrected chi connectivity index (χ4v) is 2.04. The second kappa shape index (κ2) is 5.29. The first kappa shape index (κ1) is 11.4. The molecule has 14 heavy (non-hydrogen) atoms. The van der Waals surface area contributed by atoms with Crippen LogP contribution in [-0.2, 0) is 14.8 Å². The third kappa shape index (κ3) is 4.05. The van der Waals surface area contributed by atoms with E-state index in [-0.39, 0.29) is 12.6 Å². The zero-order chi connectivity index (χ0) is 10.4. The number of hydrogen-bond donors (Lipinski definition) is 1. The first-order chi connectivity index (χ1) is 6.64. The summed E-state index contributed by atoms with van der Waals surface area (Å²) in [5.41, 5.74) is 0. The molecule has 6 heteroatoms. The van der Waals surface area contributed by atoms with Crippen LogP contribution in [0.2, 0.25) is 0 Å². The molecular weight excluding hydrogens is 204 g/mol. The van der Waals surface area contributed by atoms with Crippen molar-refractivity contribution in [3.05, 3.63) is 0 Å². The highest BCUT2D eigenvalue weighted by Crippen LogP contribution is 2.11. The quantitative estimate of drug-likeness (QED) is 0.720. The summed E-state index contributed by atoms with van der Waals surface area (Å²) in [7, 11) is -3.42. The van der Waals surface area contributed by atoms with Crippen LogP contribution in [0.15, 0.2) is 0 Å². The van der Waals surface area contributed by atoms with Crippen LogP contribution >= 0.6 is 0 Å². The van der Waals surface area contributed by atoms with Gasteiger partial charge in [-0.2, -0.15) is 5.26 Å². The van der Waals surface area contributed by atoms with E-state index in [2.05, 4.69) is 4.72 Å². The highest BCUT2D eigenvalue weighted by molar-refractivity contribution is 7.89. The number of hydrogen-bond acceptors (Lipinski definition) is 4. The van der Waals surface area contributed by atoms with Crippen LogP contribution in [-0.4, -0.2) is 33.4 Å². The van der Waals surface area contributed by atoms with Gasteiger partial charge in [-0.25, -0.2) is 13.1 Å². The number of nitrogens with zero attached hydrogens (tertiary/aromatic N) is 1. The molecule has 1 saturated heterocycles. The largest absolute Gasteiger partial charge is 0.377 e. The van der Waals surface area contributed by atoms with Gasteiger partial charge in [-0.1, -0.05) is 0 Å². The SMILES string of the molecule is N#CCS(=O)(=O)NCC1CCCCO1. The topological polar surface area (TPSA) is 79.2 Å². The molecule has 0 spiro atoms. The maximum atomic E-state index is 11.1. The van der Waals surface area contributed by atoms with Crippen molar-refractivity contribution in [1.29, 1.82) is 5.26 Å². The van der Waals surface area contributed by atoms with Crippen LogP contribution in [0.4, 0.5) is 0 Å². The molecule has 0 aromatic rings. The fraction of sp³-hybridized carbons (Fsp3) is 0.875. The van der Waals surface area contributed by atoms with Gasteiger partial charge in [0.05, 0.1) is 12.2 Å². The van der Waals surface area contributed by atoms with Gasteiger partial charge in [-0.15, -0.1) is 0 Å². The van der Waals surface area contributed by atoms with Gasteiger partial charge in [-0.3, -0.25) is 0 Å². The van der Waals surface area contributed by atoms with Crippen molar-refractivity contribution in [3.8, 4) is 6.07 Å². The minimum atomic E-state index is -3.42. The fourth-order valence-electron chi connectivity index (χ4n) is 1.32. The molecule has 0 aromatic carbocycles. The highest BCUT2D eigenvalue weighted by Gasteiger charge is 2.17. The number of sulfonamides is 1. The van der Waals surface area contributed by atoms with Crippen LogP contribution in [0.5, 0.6) is 0 Å². The predicted octanol–water partition coefficient (Wildman–Crippen LogP) is -0.00152. The lowest BCUT2D eigenvalue weighted by Crippen LogP contribution is -2.36. The van der Waals surface area contributed by atoms with Gasteiger partial charge in [0.2, 0.25) is 10.0 Å². The van der Waals surface area contributed by atoms with E-state index in [1.807, 2.05) is 0 Å². The molecule has 1 unspecified atom stereocenters. The number of rotatable bonds is 4. The Bertz CT molecular complexity index is 301. The van der Waals surface area contributed by atoms with Gasteiger partial charge in [0.1, 0.15) is 0 Å². The Morgan fingerprint density at radius 3 is 2.86 bits per heavy atom. The highest BCUT2D eigenvalue weighted by atomic mass is 32.2. The Hall–Kier alpha value is -0.640. The summed E-state index contributed by atoms with van der Waals surface area (Å²) in [6.07, 6.45) is 2.97. The van der Waals surface area contributed by atoms with Crippen molar-refractivity contribution in [2.24, 2.45) is 0 Å². The minimum Gasteiger partial charge on any atom is -0.377 e. The molecule has 0 amide bonds. The average Bonchev–Trinajstić information content (AvgIpc) is 2.17. The van der Waals surface area contributed by atoms with Gasteiger partial charge < -0.3 is 4.74 Å². The van der Waals surface area contributed by atoms with Gasteiger partial charge in [0.15, 0.2) is 5.75 Å². The van der Waals surface area contributed by atoms with Crippen molar-refractivity contribution in [2.75, 3.05) is 18.9 Å². The summed E-state index contributed by atoms with van der Waals surface area (Å²) in [5, 5.41) is 8.24. The smallest absolute Gasteiger partial charge is 0.225 e. The Labute approximate surface area is 84.1 Å². The maximum absolute atomic E-state index is 11.1. The second-order valence-corrected chi connectivity index (χ2v) is 5.06. The van der Waals surface area contributed by atoms with Gasteiger partial charge in [-0.05, 0) is 19.3 Å². The van der Waals surface area contributed by atoms with Gasteiger partial charge >= 0.3 is 0 Å². The van der Waals surface area contributed by atoms with E-state index < -0.39 is 15.8 Å². The molecule has 1 aliphatic rings. The van der Waals surface area contributed by atoms with E-state index in [9.17, 15) is 8.42 Å². The van der Waals surface area contributed by atoms with Crippen LogP contribution in [0.1, 0.15) is 19.3 Å². The lowest BCUT2D eigenvalue weighted by atomic mass is 10.1. The lowest BCUT2D eigenvalue weighted by molar-refractivity contribution is 0.0200. The molecule has 5 nitrogen and oxygen atoms in total. The monoisotopic (exact) mass is 218 g/mol. The maximum Gasteiger partial charge on any atom is 0.225 e. The third-order valence-corrected chi connectivity index (χ3v) is 3.18. The molecule has 0 bridgehead atoms. The molecule has 1 heterocycles. The van der Waals surface area contributed by atoms with E-state index in [1.165, 1.54) is 0 Å². The molecule has 0 aromatic heterocycles. The van der Waals surface area contributed by atoms with Crippen molar-refractivity contribution in [1.82, 2.24) is 4.72 Å². The molecule has 0 aliphatic carbocycles. The molecular formula is C8H14N2O3S. The molecule has 80 valence electrons. The number of nitrogens with one attached hydrogen (secondary N) is 1. The summed E-state index contributed by atoms with van der Waals surface area (Å²) in [4.78, 5) is 0. The van der Waals surface area contributed by atoms with Crippen LogP contribution < -0.4 is 4.72 Å². The van der Waals surface area contributed by atoms with E-state index in [0.717, 1.165) is 19.3 Å². The van der Waals surface area contributed by atoms with Crippen molar-refractivity contribution in [2.45, 2.75) is 25.4 Å². The van der Waals surface area contributed by atoms with E-state index in [0.29, 0.717) is 6.61 Å². The normalized spacial score (nSPS) is 22.9. The minimum absolute atomic E-state index is 0.0304. The van der Waals surface area contributed by atoms with Crippen molar-refractivity contribution in [3.63, 3.8) is 0 Å². The standard InChI is InChI=1S/C8H14N2O3S/c9-4-6-14(11,12)10-7-8-3-1-2-5-13-8/h8,10H,1-3,5-7H2. The van der Waals surface area contributed by atoms with Crippen molar-refractivity contribution >= 4 is 10.0 Å². The second-order valence-electron chi connectivity index (χ2n) is 3.25. The Morgan fingerprint density at radius 1 is 1.50 bits per heavy atom. The average molecular weight is 218 g/mol. The summed E-state index contributed by atoms with van der Waals surface area (Å²) >= 11 is 0. The molecule has 1 atom stereocenters. The van der Waals surface area contributed by atoms with Gasteiger partial charge in [0.25, 0.3) is 0 Å². The first-order valence-electron chi connectivity index (χ1n) is 4.60. The van der Waals surface area contributed by atoms with Crippen LogP contribution in [0.3, 0.4) is 0 Å². The van der Waals surface area contributed by atoms with Crippen LogP contribution in [0, 0.1) is 11.3 Å². The summed E-state index contributed by atoms with van der Waals surface area (Å²) in [6.45, 7) is 0.981. The zero-order valence-electron chi connectivity index (χ0n) is 7.90. The zero-order valence-corrected chi connectivity index (χ0v) is 8.72. The molecule has 0 radical (unpaired) electrons. The lowest BCUT2D eigenvalue weighted by Gasteiger charge is -2.22. The summed E-state index contributed by atoms with van der Waals surface area (Å²) in [6, 6.07) is 1.60. The number of ether oxygens (including phenoxy) is 1. The molecule has 1 aliphatic heterocycles. The molecule has 1 rings (SSSR count).